The largest absolute Gasteiger partial charge is 0.462 e. The van der Waals surface area contributed by atoms with Crippen LogP contribution < -0.4 is 5.32 Å². The number of amides is 1. The summed E-state index contributed by atoms with van der Waals surface area (Å²) in [4.78, 5) is 16.1. The number of carbonyl (C=O) groups is 1. The Morgan fingerprint density at radius 3 is 3.00 bits per heavy atom. The highest BCUT2D eigenvalue weighted by Crippen LogP contribution is 2.14. The SMILES string of the molecule is Cc1ccc(/C=C/c2nc(SCC(=O)NCCCOC(C)C)n[nH]2)o1. The number of rotatable bonds is 10. The van der Waals surface area contributed by atoms with Gasteiger partial charge in [-0.25, -0.2) is 4.98 Å². The quantitative estimate of drug-likeness (QED) is 0.497. The number of aromatic nitrogens is 3. The van der Waals surface area contributed by atoms with Gasteiger partial charge in [-0.05, 0) is 51.5 Å². The first-order valence-electron chi connectivity index (χ1n) is 8.21. The molecule has 2 heterocycles. The van der Waals surface area contributed by atoms with E-state index in [1.807, 2.05) is 39.0 Å². The summed E-state index contributed by atoms with van der Waals surface area (Å²) in [5.74, 6) is 2.47. The Bertz CT molecular complexity index is 694. The third-order valence-corrected chi connectivity index (χ3v) is 3.92. The van der Waals surface area contributed by atoms with E-state index in [1.54, 1.807) is 6.08 Å². The summed E-state index contributed by atoms with van der Waals surface area (Å²) in [7, 11) is 0. The van der Waals surface area contributed by atoms with Crippen LogP contribution in [0.4, 0.5) is 0 Å². The van der Waals surface area contributed by atoms with Crippen LogP contribution in [0.2, 0.25) is 0 Å². The van der Waals surface area contributed by atoms with Crippen molar-refractivity contribution >= 4 is 29.8 Å². The minimum atomic E-state index is -0.0394. The number of furan rings is 1. The fourth-order valence-corrected chi connectivity index (χ4v) is 2.54. The monoisotopic (exact) mass is 364 g/mol. The lowest BCUT2D eigenvalue weighted by molar-refractivity contribution is -0.118. The summed E-state index contributed by atoms with van der Waals surface area (Å²) in [5.41, 5.74) is 0. The van der Waals surface area contributed by atoms with Crippen molar-refractivity contribution in [2.45, 2.75) is 38.5 Å². The van der Waals surface area contributed by atoms with Gasteiger partial charge in [0.2, 0.25) is 11.1 Å². The molecule has 0 unspecified atom stereocenters. The smallest absolute Gasteiger partial charge is 0.230 e. The molecule has 25 heavy (non-hydrogen) atoms. The average molecular weight is 364 g/mol. The summed E-state index contributed by atoms with van der Waals surface area (Å²) in [6, 6.07) is 3.78. The zero-order valence-corrected chi connectivity index (χ0v) is 15.6. The molecule has 136 valence electrons. The number of aryl methyl sites for hydroxylation is 1. The van der Waals surface area contributed by atoms with Gasteiger partial charge in [-0.1, -0.05) is 11.8 Å². The van der Waals surface area contributed by atoms with Crippen LogP contribution in [0.25, 0.3) is 12.2 Å². The van der Waals surface area contributed by atoms with Gasteiger partial charge in [0, 0.05) is 13.2 Å². The summed E-state index contributed by atoms with van der Waals surface area (Å²) in [6.45, 7) is 7.13. The number of carbonyl (C=O) groups excluding carboxylic acids is 1. The van der Waals surface area contributed by atoms with E-state index in [1.165, 1.54) is 11.8 Å². The van der Waals surface area contributed by atoms with Gasteiger partial charge < -0.3 is 14.5 Å². The normalized spacial score (nSPS) is 11.5. The zero-order valence-electron chi connectivity index (χ0n) is 14.7. The molecule has 0 aromatic carbocycles. The van der Waals surface area contributed by atoms with E-state index in [2.05, 4.69) is 20.5 Å². The average Bonchev–Trinajstić information content (AvgIpc) is 3.19. The predicted octanol–water partition coefficient (Wildman–Crippen LogP) is 2.90. The number of ether oxygens (including phenoxy) is 1. The molecular formula is C17H24N4O3S. The molecule has 7 nitrogen and oxygen atoms in total. The minimum Gasteiger partial charge on any atom is -0.462 e. The van der Waals surface area contributed by atoms with Crippen molar-refractivity contribution in [2.24, 2.45) is 0 Å². The van der Waals surface area contributed by atoms with E-state index in [-0.39, 0.29) is 17.8 Å². The van der Waals surface area contributed by atoms with Crippen LogP contribution in [0.1, 0.15) is 37.6 Å². The molecule has 0 aliphatic rings. The Morgan fingerprint density at radius 2 is 2.28 bits per heavy atom. The second kappa shape index (κ2) is 10.0. The lowest BCUT2D eigenvalue weighted by atomic mass is 10.4. The standard InChI is InChI=1S/C17H24N4O3S/c1-12(2)23-10-4-9-18-16(22)11-25-17-19-15(20-21-17)8-7-14-6-5-13(3)24-14/h5-8,12H,4,9-11H2,1-3H3,(H,18,22)(H,19,20,21)/b8-7+. The van der Waals surface area contributed by atoms with Gasteiger partial charge in [-0.15, -0.1) is 5.10 Å². The summed E-state index contributed by atoms with van der Waals surface area (Å²) >= 11 is 1.29. The number of nitrogens with zero attached hydrogens (tertiary/aromatic N) is 2. The topological polar surface area (TPSA) is 93.0 Å². The number of H-pyrrole nitrogens is 1. The molecule has 2 aromatic rings. The van der Waals surface area contributed by atoms with Gasteiger partial charge in [0.1, 0.15) is 17.3 Å². The molecule has 2 rings (SSSR count). The van der Waals surface area contributed by atoms with Crippen molar-refractivity contribution in [3.8, 4) is 0 Å². The molecule has 8 heteroatoms. The highest BCUT2D eigenvalue weighted by molar-refractivity contribution is 7.99. The maximum Gasteiger partial charge on any atom is 0.230 e. The van der Waals surface area contributed by atoms with Crippen molar-refractivity contribution in [3.63, 3.8) is 0 Å². The minimum absolute atomic E-state index is 0.0394. The van der Waals surface area contributed by atoms with Crippen LogP contribution >= 0.6 is 11.8 Å². The van der Waals surface area contributed by atoms with Crippen LogP contribution in [0.15, 0.2) is 21.7 Å². The number of hydrogen-bond acceptors (Lipinski definition) is 6. The second-order valence-electron chi connectivity index (χ2n) is 5.70. The van der Waals surface area contributed by atoms with Crippen LogP contribution in [0.5, 0.6) is 0 Å². The Labute approximate surface area is 151 Å². The van der Waals surface area contributed by atoms with Crippen LogP contribution in [-0.2, 0) is 9.53 Å². The van der Waals surface area contributed by atoms with E-state index >= 15 is 0 Å². The van der Waals surface area contributed by atoms with Crippen molar-refractivity contribution in [2.75, 3.05) is 18.9 Å². The first-order chi connectivity index (χ1) is 12.0. The Kier molecular flexibility index (Phi) is 7.75. The fraction of sp³-hybridized carbons (Fsp3) is 0.471. The van der Waals surface area contributed by atoms with Gasteiger partial charge in [0.05, 0.1) is 11.9 Å². The Morgan fingerprint density at radius 1 is 1.44 bits per heavy atom. The van der Waals surface area contributed by atoms with Crippen molar-refractivity contribution in [3.05, 3.63) is 29.5 Å². The number of aromatic amines is 1. The van der Waals surface area contributed by atoms with E-state index in [4.69, 9.17) is 9.15 Å². The Hall–Kier alpha value is -2.06. The molecule has 0 aliphatic heterocycles. The molecule has 2 N–H and O–H groups in total. The van der Waals surface area contributed by atoms with Gasteiger partial charge in [-0.3, -0.25) is 9.89 Å². The highest BCUT2D eigenvalue weighted by atomic mass is 32.2. The lowest BCUT2D eigenvalue weighted by Gasteiger charge is -2.07. The molecule has 0 aliphatic carbocycles. The van der Waals surface area contributed by atoms with Gasteiger partial charge in [0.15, 0.2) is 0 Å². The fourth-order valence-electron chi connectivity index (χ4n) is 1.90. The molecule has 0 saturated heterocycles. The third kappa shape index (κ3) is 7.57. The van der Waals surface area contributed by atoms with Crippen LogP contribution in [0, 0.1) is 6.92 Å². The van der Waals surface area contributed by atoms with Crippen molar-refractivity contribution < 1.29 is 13.9 Å². The summed E-state index contributed by atoms with van der Waals surface area (Å²) in [6.07, 6.45) is 4.62. The first-order valence-corrected chi connectivity index (χ1v) is 9.19. The molecule has 0 fully saturated rings. The molecule has 0 radical (unpaired) electrons. The van der Waals surface area contributed by atoms with Gasteiger partial charge in [0.25, 0.3) is 0 Å². The first kappa shape index (κ1) is 19.3. The zero-order chi connectivity index (χ0) is 18.1. The molecule has 2 aromatic heterocycles. The maximum atomic E-state index is 11.8. The second-order valence-corrected chi connectivity index (χ2v) is 6.64. The van der Waals surface area contributed by atoms with E-state index in [0.717, 1.165) is 17.9 Å². The van der Waals surface area contributed by atoms with Crippen LogP contribution in [-0.4, -0.2) is 46.1 Å². The molecule has 0 saturated carbocycles. The molecule has 0 bridgehead atoms. The summed E-state index contributed by atoms with van der Waals surface area (Å²) < 4.78 is 10.9. The van der Waals surface area contributed by atoms with Crippen molar-refractivity contribution in [1.82, 2.24) is 20.5 Å². The van der Waals surface area contributed by atoms with E-state index < -0.39 is 0 Å². The van der Waals surface area contributed by atoms with E-state index in [0.29, 0.717) is 24.1 Å². The van der Waals surface area contributed by atoms with Gasteiger partial charge >= 0.3 is 0 Å². The van der Waals surface area contributed by atoms with Gasteiger partial charge in [-0.2, -0.15) is 0 Å². The lowest BCUT2D eigenvalue weighted by Crippen LogP contribution is -2.27. The maximum absolute atomic E-state index is 11.8. The van der Waals surface area contributed by atoms with E-state index in [9.17, 15) is 4.79 Å². The molecule has 0 spiro atoms. The molecule has 0 atom stereocenters. The highest BCUT2D eigenvalue weighted by Gasteiger charge is 2.06. The van der Waals surface area contributed by atoms with Crippen LogP contribution in [0.3, 0.4) is 0 Å². The number of hydrogen-bond donors (Lipinski definition) is 2. The van der Waals surface area contributed by atoms with Crippen molar-refractivity contribution in [1.29, 1.82) is 0 Å². The third-order valence-electron chi connectivity index (χ3n) is 3.08. The number of nitrogens with one attached hydrogen (secondary N) is 2. The molecule has 1 amide bonds. The number of thioether (sulfide) groups is 1. The predicted molar refractivity (Wildman–Crippen MR) is 98.2 cm³/mol. The Balaban J connectivity index is 1.67. The summed E-state index contributed by atoms with van der Waals surface area (Å²) in [5, 5.41) is 10.3. The molecular weight excluding hydrogens is 340 g/mol.